The number of rotatable bonds is 5. The molecule has 1 N–H and O–H groups in total. The monoisotopic (exact) mass is 370 g/mol. The van der Waals surface area contributed by atoms with Crippen LogP contribution >= 0.6 is 11.3 Å². The van der Waals surface area contributed by atoms with Crippen LogP contribution in [-0.4, -0.2) is 17.7 Å². The Bertz CT molecular complexity index is 940. The molecular formula is C19H15FN2O3S. The Balaban J connectivity index is 1.35. The van der Waals surface area contributed by atoms with Gasteiger partial charge in [0.15, 0.2) is 11.5 Å². The lowest BCUT2D eigenvalue weighted by atomic mass is 10.1. The zero-order chi connectivity index (χ0) is 17.9. The zero-order valence-electron chi connectivity index (χ0n) is 13.7. The zero-order valence-corrected chi connectivity index (χ0v) is 14.5. The fourth-order valence-corrected chi connectivity index (χ4v) is 3.51. The predicted octanol–water partition coefficient (Wildman–Crippen LogP) is 3.53. The van der Waals surface area contributed by atoms with Crippen LogP contribution in [0.3, 0.4) is 0 Å². The van der Waals surface area contributed by atoms with Crippen molar-refractivity contribution in [1.82, 2.24) is 10.3 Å². The number of carbonyl (C=O) groups excluding carboxylic acids is 1. The summed E-state index contributed by atoms with van der Waals surface area (Å²) in [5, 5.41) is 3.67. The first-order valence-electron chi connectivity index (χ1n) is 8.03. The summed E-state index contributed by atoms with van der Waals surface area (Å²) >= 11 is 1.52. The summed E-state index contributed by atoms with van der Waals surface area (Å²) in [6.45, 7) is 0.526. The van der Waals surface area contributed by atoms with E-state index in [1.165, 1.54) is 23.5 Å². The first kappa shape index (κ1) is 16.5. The van der Waals surface area contributed by atoms with Gasteiger partial charge in [0.2, 0.25) is 6.79 Å². The molecule has 5 nitrogen and oxygen atoms in total. The highest BCUT2D eigenvalue weighted by molar-refractivity contribution is 7.11. The van der Waals surface area contributed by atoms with E-state index in [0.29, 0.717) is 30.0 Å². The molecule has 1 aromatic heterocycles. The third-order valence-electron chi connectivity index (χ3n) is 3.93. The third-order valence-corrected chi connectivity index (χ3v) is 4.93. The van der Waals surface area contributed by atoms with Crippen molar-refractivity contribution in [2.75, 3.05) is 6.79 Å². The largest absolute Gasteiger partial charge is 0.454 e. The highest BCUT2D eigenvalue weighted by Gasteiger charge is 2.16. The Hall–Kier alpha value is -2.93. The molecule has 1 amide bonds. The van der Waals surface area contributed by atoms with Crippen LogP contribution < -0.4 is 14.8 Å². The van der Waals surface area contributed by atoms with Crippen molar-refractivity contribution in [3.05, 3.63) is 75.5 Å². The Kier molecular flexibility index (Phi) is 4.53. The third kappa shape index (κ3) is 3.67. The van der Waals surface area contributed by atoms with Gasteiger partial charge in [0, 0.05) is 23.1 Å². The number of hydrogen-bond acceptors (Lipinski definition) is 5. The first-order valence-corrected chi connectivity index (χ1v) is 8.85. The molecule has 1 aliphatic rings. The summed E-state index contributed by atoms with van der Waals surface area (Å²) in [6, 6.07) is 11.5. The number of nitrogens with one attached hydrogen (secondary N) is 1. The number of aromatic nitrogens is 1. The molecule has 1 aliphatic heterocycles. The number of benzene rings is 2. The van der Waals surface area contributed by atoms with Crippen LogP contribution in [0.1, 0.15) is 25.8 Å². The average molecular weight is 370 g/mol. The molecule has 0 spiro atoms. The van der Waals surface area contributed by atoms with Crippen molar-refractivity contribution >= 4 is 17.2 Å². The number of halogens is 1. The number of hydrogen-bond donors (Lipinski definition) is 1. The fourth-order valence-electron chi connectivity index (χ4n) is 2.61. The SMILES string of the molecule is O=C(NCc1ncc(Cc2ccc(F)cc2)s1)c1ccc2c(c1)OCO2. The van der Waals surface area contributed by atoms with E-state index in [2.05, 4.69) is 10.3 Å². The van der Waals surface area contributed by atoms with Gasteiger partial charge in [-0.2, -0.15) is 0 Å². The van der Waals surface area contributed by atoms with Crippen LogP contribution in [0, 0.1) is 5.82 Å². The van der Waals surface area contributed by atoms with Crippen molar-refractivity contribution in [3.63, 3.8) is 0 Å². The number of carbonyl (C=O) groups is 1. The van der Waals surface area contributed by atoms with E-state index in [4.69, 9.17) is 9.47 Å². The lowest BCUT2D eigenvalue weighted by Gasteiger charge is -2.04. The van der Waals surface area contributed by atoms with Gasteiger partial charge < -0.3 is 14.8 Å². The average Bonchev–Trinajstić information content (AvgIpc) is 3.30. The highest BCUT2D eigenvalue weighted by atomic mass is 32.1. The predicted molar refractivity (Wildman–Crippen MR) is 95.1 cm³/mol. The number of fused-ring (bicyclic) bond motifs is 1. The minimum atomic E-state index is -0.245. The van der Waals surface area contributed by atoms with Crippen molar-refractivity contribution in [1.29, 1.82) is 0 Å². The smallest absolute Gasteiger partial charge is 0.251 e. The summed E-state index contributed by atoms with van der Waals surface area (Å²) in [7, 11) is 0. The van der Waals surface area contributed by atoms with Crippen LogP contribution in [0.15, 0.2) is 48.7 Å². The van der Waals surface area contributed by atoms with Gasteiger partial charge in [0.05, 0.1) is 6.54 Å². The normalized spacial score (nSPS) is 12.2. The Morgan fingerprint density at radius 2 is 1.96 bits per heavy atom. The van der Waals surface area contributed by atoms with Crippen LogP contribution in [0.5, 0.6) is 11.5 Å². The van der Waals surface area contributed by atoms with Crippen molar-refractivity contribution < 1.29 is 18.7 Å². The minimum Gasteiger partial charge on any atom is -0.454 e. The van der Waals surface area contributed by atoms with Crippen molar-refractivity contribution in [2.45, 2.75) is 13.0 Å². The van der Waals surface area contributed by atoms with Gasteiger partial charge in [-0.05, 0) is 35.9 Å². The van der Waals surface area contributed by atoms with E-state index < -0.39 is 0 Å². The molecule has 3 aromatic rings. The summed E-state index contributed by atoms with van der Waals surface area (Å²) in [4.78, 5) is 17.7. The van der Waals surface area contributed by atoms with Gasteiger partial charge in [-0.25, -0.2) is 9.37 Å². The number of nitrogens with zero attached hydrogens (tertiary/aromatic N) is 1. The van der Waals surface area contributed by atoms with Crippen LogP contribution in [0.2, 0.25) is 0 Å². The molecule has 0 fully saturated rings. The quantitative estimate of drug-likeness (QED) is 0.746. The van der Waals surface area contributed by atoms with Gasteiger partial charge in [0.1, 0.15) is 10.8 Å². The summed E-state index contributed by atoms with van der Waals surface area (Å²) in [5.74, 6) is 0.781. The summed E-state index contributed by atoms with van der Waals surface area (Å²) in [5.41, 5.74) is 1.53. The molecule has 0 unspecified atom stereocenters. The molecule has 0 radical (unpaired) electrons. The number of thiazole rings is 1. The molecule has 0 saturated heterocycles. The highest BCUT2D eigenvalue weighted by Crippen LogP contribution is 2.32. The van der Waals surface area contributed by atoms with Gasteiger partial charge in [-0.1, -0.05) is 12.1 Å². The molecule has 0 bridgehead atoms. The summed E-state index contributed by atoms with van der Waals surface area (Å²) in [6.07, 6.45) is 2.48. The van der Waals surface area contributed by atoms with Crippen LogP contribution in [0.25, 0.3) is 0 Å². The van der Waals surface area contributed by atoms with E-state index in [1.807, 2.05) is 0 Å². The molecule has 26 heavy (non-hydrogen) atoms. The molecule has 7 heteroatoms. The molecule has 0 aliphatic carbocycles. The van der Waals surface area contributed by atoms with E-state index in [9.17, 15) is 9.18 Å². The topological polar surface area (TPSA) is 60.5 Å². The maximum absolute atomic E-state index is 13.0. The standard InChI is InChI=1S/C19H15FN2O3S/c20-14-4-1-12(2-5-14)7-15-9-21-18(26-15)10-22-19(23)13-3-6-16-17(8-13)25-11-24-16/h1-6,8-9H,7,10-11H2,(H,22,23). The molecular weight excluding hydrogens is 355 g/mol. The maximum atomic E-state index is 13.0. The van der Waals surface area contributed by atoms with Gasteiger partial charge in [-0.3, -0.25) is 4.79 Å². The Morgan fingerprint density at radius 3 is 2.81 bits per heavy atom. The lowest BCUT2D eigenvalue weighted by molar-refractivity contribution is 0.0950. The second-order valence-corrected chi connectivity index (χ2v) is 6.97. The molecule has 0 atom stereocenters. The van der Waals surface area contributed by atoms with E-state index in [1.54, 1.807) is 36.5 Å². The maximum Gasteiger partial charge on any atom is 0.251 e. The van der Waals surface area contributed by atoms with Crippen molar-refractivity contribution in [2.24, 2.45) is 0 Å². The molecule has 2 heterocycles. The minimum absolute atomic E-state index is 0.177. The van der Waals surface area contributed by atoms with Crippen LogP contribution in [0.4, 0.5) is 4.39 Å². The van der Waals surface area contributed by atoms with E-state index >= 15 is 0 Å². The molecule has 4 rings (SSSR count). The lowest BCUT2D eigenvalue weighted by Crippen LogP contribution is -2.22. The second-order valence-electron chi connectivity index (χ2n) is 5.77. The van der Waals surface area contributed by atoms with Gasteiger partial charge >= 0.3 is 0 Å². The fraction of sp³-hybridized carbons (Fsp3) is 0.158. The van der Waals surface area contributed by atoms with Crippen LogP contribution in [-0.2, 0) is 13.0 Å². The molecule has 0 saturated carbocycles. The number of amides is 1. The molecule has 132 valence electrons. The van der Waals surface area contributed by atoms with Gasteiger partial charge in [0.25, 0.3) is 5.91 Å². The molecule has 2 aromatic carbocycles. The Morgan fingerprint density at radius 1 is 1.15 bits per heavy atom. The van der Waals surface area contributed by atoms with Gasteiger partial charge in [-0.15, -0.1) is 11.3 Å². The Labute approximate surface area is 153 Å². The number of ether oxygens (including phenoxy) is 2. The second kappa shape index (κ2) is 7.13. The van der Waals surface area contributed by atoms with E-state index in [-0.39, 0.29) is 18.5 Å². The first-order chi connectivity index (χ1) is 12.7. The van der Waals surface area contributed by atoms with Crippen molar-refractivity contribution in [3.8, 4) is 11.5 Å². The summed E-state index contributed by atoms with van der Waals surface area (Å²) < 4.78 is 23.5. The van der Waals surface area contributed by atoms with E-state index in [0.717, 1.165) is 15.4 Å².